The molecule has 4 nitrogen and oxygen atoms in total. The number of halogens is 2. The molecular formula is C16H10ClFN4S. The lowest BCUT2D eigenvalue weighted by Gasteiger charge is -1.98. The van der Waals surface area contributed by atoms with Gasteiger partial charge in [0.15, 0.2) is 5.82 Å². The van der Waals surface area contributed by atoms with Gasteiger partial charge >= 0.3 is 0 Å². The van der Waals surface area contributed by atoms with Gasteiger partial charge in [-0.1, -0.05) is 47.2 Å². The van der Waals surface area contributed by atoms with Gasteiger partial charge in [-0.15, -0.1) is 10.2 Å². The van der Waals surface area contributed by atoms with E-state index in [0.717, 1.165) is 26.9 Å². The summed E-state index contributed by atoms with van der Waals surface area (Å²) in [6.07, 6.45) is 0.547. The van der Waals surface area contributed by atoms with Crippen LogP contribution in [0.2, 0.25) is 5.02 Å². The minimum Gasteiger partial charge on any atom is -0.207 e. The van der Waals surface area contributed by atoms with Crippen molar-refractivity contribution >= 4 is 27.9 Å². The highest BCUT2D eigenvalue weighted by Crippen LogP contribution is 2.26. The third-order valence-corrected chi connectivity index (χ3v) is 4.62. The normalized spacial score (nSPS) is 11.2. The van der Waals surface area contributed by atoms with Crippen molar-refractivity contribution in [3.05, 3.63) is 70.8 Å². The Morgan fingerprint density at radius 3 is 2.48 bits per heavy atom. The standard InChI is InChI=1S/C16H10ClFN4S/c17-12-5-3-11(4-6-12)15-21-22-14(19-20-16(22)23-15)9-10-1-7-13(18)8-2-10/h1-8H,9H2. The molecule has 0 aliphatic rings. The molecule has 4 rings (SSSR count). The van der Waals surface area contributed by atoms with Gasteiger partial charge in [-0.05, 0) is 29.8 Å². The quantitative estimate of drug-likeness (QED) is 0.558. The van der Waals surface area contributed by atoms with Gasteiger partial charge in [0, 0.05) is 17.0 Å². The second-order valence-electron chi connectivity index (χ2n) is 5.03. The van der Waals surface area contributed by atoms with Crippen LogP contribution in [0.1, 0.15) is 11.4 Å². The Balaban J connectivity index is 1.69. The third kappa shape index (κ3) is 2.83. The average molecular weight is 345 g/mol. The van der Waals surface area contributed by atoms with Crippen molar-refractivity contribution in [1.82, 2.24) is 19.8 Å². The molecule has 0 unspecified atom stereocenters. The van der Waals surface area contributed by atoms with Gasteiger partial charge in [0.05, 0.1) is 0 Å². The van der Waals surface area contributed by atoms with Crippen LogP contribution in [0.3, 0.4) is 0 Å². The van der Waals surface area contributed by atoms with Gasteiger partial charge < -0.3 is 0 Å². The van der Waals surface area contributed by atoms with E-state index in [4.69, 9.17) is 11.6 Å². The summed E-state index contributed by atoms with van der Waals surface area (Å²) >= 11 is 7.38. The smallest absolute Gasteiger partial charge is 0.207 e. The van der Waals surface area contributed by atoms with Crippen LogP contribution in [-0.4, -0.2) is 19.8 Å². The highest BCUT2D eigenvalue weighted by atomic mass is 35.5. The number of hydrogen-bond acceptors (Lipinski definition) is 4. The minimum atomic E-state index is -0.251. The van der Waals surface area contributed by atoms with Crippen molar-refractivity contribution in [3.8, 4) is 10.6 Å². The van der Waals surface area contributed by atoms with Crippen LogP contribution in [0.15, 0.2) is 48.5 Å². The van der Waals surface area contributed by atoms with Crippen LogP contribution >= 0.6 is 22.9 Å². The van der Waals surface area contributed by atoms with E-state index in [0.29, 0.717) is 11.4 Å². The summed E-state index contributed by atoms with van der Waals surface area (Å²) in [7, 11) is 0. The Hall–Kier alpha value is -2.31. The van der Waals surface area contributed by atoms with Crippen LogP contribution in [0.5, 0.6) is 0 Å². The lowest BCUT2D eigenvalue weighted by atomic mass is 10.1. The molecule has 0 amide bonds. The van der Waals surface area contributed by atoms with Gasteiger partial charge in [-0.25, -0.2) is 4.39 Å². The fourth-order valence-corrected chi connectivity index (χ4v) is 3.25. The Kier molecular flexibility index (Phi) is 3.55. The second-order valence-corrected chi connectivity index (χ2v) is 6.42. The second kappa shape index (κ2) is 5.72. The van der Waals surface area contributed by atoms with Gasteiger partial charge in [-0.2, -0.15) is 9.61 Å². The lowest BCUT2D eigenvalue weighted by molar-refractivity contribution is 0.627. The monoisotopic (exact) mass is 344 g/mol. The Bertz CT molecular complexity index is 960. The predicted octanol–water partition coefficient (Wildman–Crippen LogP) is 4.24. The maximum absolute atomic E-state index is 13.0. The van der Waals surface area contributed by atoms with Crippen molar-refractivity contribution in [3.63, 3.8) is 0 Å². The molecule has 114 valence electrons. The van der Waals surface area contributed by atoms with Crippen molar-refractivity contribution in [2.24, 2.45) is 0 Å². The molecule has 0 atom stereocenters. The summed E-state index contributed by atoms with van der Waals surface area (Å²) in [4.78, 5) is 0.729. The van der Waals surface area contributed by atoms with Gasteiger partial charge in [0.1, 0.15) is 10.8 Å². The Morgan fingerprint density at radius 2 is 1.74 bits per heavy atom. The first-order chi connectivity index (χ1) is 11.2. The SMILES string of the molecule is Fc1ccc(Cc2nnc3sc(-c4ccc(Cl)cc4)nn23)cc1. The maximum Gasteiger partial charge on any atom is 0.234 e. The zero-order valence-electron chi connectivity index (χ0n) is 11.8. The van der Waals surface area contributed by atoms with Crippen molar-refractivity contribution < 1.29 is 4.39 Å². The Labute approximate surface area is 140 Å². The molecule has 23 heavy (non-hydrogen) atoms. The van der Waals surface area contributed by atoms with E-state index >= 15 is 0 Å². The van der Waals surface area contributed by atoms with E-state index in [9.17, 15) is 4.39 Å². The summed E-state index contributed by atoms with van der Waals surface area (Å²) in [5.41, 5.74) is 1.94. The van der Waals surface area contributed by atoms with Crippen LogP contribution in [0.4, 0.5) is 4.39 Å². The molecule has 0 saturated carbocycles. The molecule has 0 N–H and O–H groups in total. The topological polar surface area (TPSA) is 43.1 Å². The molecule has 2 aromatic heterocycles. The maximum atomic E-state index is 13.0. The predicted molar refractivity (Wildman–Crippen MR) is 88.3 cm³/mol. The molecule has 0 aliphatic heterocycles. The molecule has 0 spiro atoms. The molecule has 7 heteroatoms. The molecule has 0 aliphatic carbocycles. The van der Waals surface area contributed by atoms with E-state index in [1.165, 1.54) is 23.5 Å². The van der Waals surface area contributed by atoms with E-state index in [-0.39, 0.29) is 5.82 Å². The Morgan fingerprint density at radius 1 is 1.00 bits per heavy atom. The fraction of sp³-hybridized carbons (Fsp3) is 0.0625. The van der Waals surface area contributed by atoms with Crippen molar-refractivity contribution in [1.29, 1.82) is 0 Å². The fourth-order valence-electron chi connectivity index (χ4n) is 2.26. The highest BCUT2D eigenvalue weighted by molar-refractivity contribution is 7.19. The van der Waals surface area contributed by atoms with Crippen molar-refractivity contribution in [2.45, 2.75) is 6.42 Å². The molecule has 0 fully saturated rings. The van der Waals surface area contributed by atoms with E-state index in [2.05, 4.69) is 15.3 Å². The number of hydrogen-bond donors (Lipinski definition) is 0. The van der Waals surface area contributed by atoms with E-state index in [1.54, 1.807) is 16.6 Å². The summed E-state index contributed by atoms with van der Waals surface area (Å²) in [6.45, 7) is 0. The molecule has 2 aromatic carbocycles. The van der Waals surface area contributed by atoms with Crippen LogP contribution in [-0.2, 0) is 6.42 Å². The molecular weight excluding hydrogens is 335 g/mol. The first-order valence-electron chi connectivity index (χ1n) is 6.90. The number of nitrogens with zero attached hydrogens (tertiary/aromatic N) is 4. The summed E-state index contributed by atoms with van der Waals surface area (Å²) in [5.74, 6) is 0.474. The van der Waals surface area contributed by atoms with Crippen LogP contribution in [0, 0.1) is 5.82 Å². The van der Waals surface area contributed by atoms with Crippen LogP contribution in [0.25, 0.3) is 15.5 Å². The zero-order chi connectivity index (χ0) is 15.8. The van der Waals surface area contributed by atoms with Gasteiger partial charge in [0.2, 0.25) is 4.96 Å². The first kappa shape index (κ1) is 14.3. The first-order valence-corrected chi connectivity index (χ1v) is 8.10. The molecule has 2 heterocycles. The van der Waals surface area contributed by atoms with E-state index < -0.39 is 0 Å². The summed E-state index contributed by atoms with van der Waals surface area (Å²) in [6, 6.07) is 13.9. The van der Waals surface area contributed by atoms with Gasteiger partial charge in [-0.3, -0.25) is 0 Å². The number of benzene rings is 2. The van der Waals surface area contributed by atoms with E-state index in [1.807, 2.05) is 24.3 Å². The molecule has 4 aromatic rings. The zero-order valence-corrected chi connectivity index (χ0v) is 13.4. The number of aromatic nitrogens is 4. The summed E-state index contributed by atoms with van der Waals surface area (Å²) < 4.78 is 14.7. The average Bonchev–Trinajstić information content (AvgIpc) is 3.12. The molecule has 0 bridgehead atoms. The number of fused-ring (bicyclic) bond motifs is 1. The summed E-state index contributed by atoms with van der Waals surface area (Å²) in [5, 5.41) is 14.5. The molecule has 0 saturated heterocycles. The third-order valence-electron chi connectivity index (χ3n) is 3.42. The van der Waals surface area contributed by atoms with Crippen molar-refractivity contribution in [2.75, 3.05) is 0 Å². The largest absolute Gasteiger partial charge is 0.234 e. The molecule has 0 radical (unpaired) electrons. The lowest BCUT2D eigenvalue weighted by Crippen LogP contribution is -1.97. The minimum absolute atomic E-state index is 0.251. The number of rotatable bonds is 3. The van der Waals surface area contributed by atoms with Crippen LogP contribution < -0.4 is 0 Å². The van der Waals surface area contributed by atoms with Gasteiger partial charge in [0.25, 0.3) is 0 Å². The highest BCUT2D eigenvalue weighted by Gasteiger charge is 2.13.